The molecule has 1 aliphatic rings. The summed E-state index contributed by atoms with van der Waals surface area (Å²) in [6.45, 7) is 0. The summed E-state index contributed by atoms with van der Waals surface area (Å²) in [5, 5.41) is 15.5. The fourth-order valence-corrected chi connectivity index (χ4v) is 4.82. The Morgan fingerprint density at radius 3 is 2.44 bits per heavy atom. The smallest absolute Gasteiger partial charge is 0.478 e. The molecule has 1 aliphatic carbocycles. The quantitative estimate of drug-likeness (QED) is 0.181. The summed E-state index contributed by atoms with van der Waals surface area (Å²) in [4.78, 5) is 15.2. The lowest BCUT2D eigenvalue weighted by atomic mass is 9.74. The molecule has 0 radical (unpaired) electrons. The summed E-state index contributed by atoms with van der Waals surface area (Å²) >= 11 is 6.51. The van der Waals surface area contributed by atoms with Crippen LogP contribution in [0.4, 0.5) is 17.6 Å². The fraction of sp³-hybridized carbons (Fsp3) is 0.179. The highest BCUT2D eigenvalue weighted by molar-refractivity contribution is 6.32. The Labute approximate surface area is 224 Å². The number of aromatic amines is 1. The number of aliphatic carboxylic acids is 1. The number of halogens is 5. The first kappa shape index (κ1) is 26.4. The van der Waals surface area contributed by atoms with Crippen molar-refractivity contribution in [3.8, 4) is 5.75 Å². The van der Waals surface area contributed by atoms with Crippen LogP contribution in [0, 0.1) is 11.9 Å². The number of aromatic nitrogens is 3. The maximum Gasteiger partial charge on any atom is 0.573 e. The van der Waals surface area contributed by atoms with Crippen molar-refractivity contribution in [1.29, 1.82) is 0 Å². The highest BCUT2D eigenvalue weighted by Crippen LogP contribution is 2.47. The summed E-state index contributed by atoms with van der Waals surface area (Å²) in [7, 11) is 0. The predicted octanol–water partition coefficient (Wildman–Crippen LogP) is 7.51. The summed E-state index contributed by atoms with van der Waals surface area (Å²) < 4.78 is 56.8. The molecule has 0 atom stereocenters. The van der Waals surface area contributed by atoms with Crippen LogP contribution in [0.25, 0.3) is 28.1 Å². The summed E-state index contributed by atoms with van der Waals surface area (Å²) in [6.07, 6.45) is 1.11. The number of carboxylic acids is 1. The maximum atomic E-state index is 14.5. The van der Waals surface area contributed by atoms with Gasteiger partial charge in [0.25, 0.3) is 0 Å². The van der Waals surface area contributed by atoms with E-state index in [9.17, 15) is 22.4 Å². The number of rotatable bonds is 7. The zero-order chi connectivity index (χ0) is 27.7. The van der Waals surface area contributed by atoms with Gasteiger partial charge in [0.2, 0.25) is 5.95 Å². The molecule has 2 heterocycles. The molecule has 2 aromatic heterocycles. The van der Waals surface area contributed by atoms with Crippen molar-refractivity contribution in [2.45, 2.75) is 25.6 Å². The van der Waals surface area contributed by atoms with E-state index in [0.717, 1.165) is 37.6 Å². The normalized spacial score (nSPS) is 14.9. The van der Waals surface area contributed by atoms with Crippen molar-refractivity contribution in [2.24, 2.45) is 5.92 Å². The van der Waals surface area contributed by atoms with Gasteiger partial charge in [-0.3, -0.25) is 10.1 Å². The Morgan fingerprint density at radius 1 is 1.10 bits per heavy atom. The Hall–Kier alpha value is -4.18. The van der Waals surface area contributed by atoms with Gasteiger partial charge in [0, 0.05) is 12.1 Å². The van der Waals surface area contributed by atoms with Gasteiger partial charge in [0.05, 0.1) is 27.8 Å². The van der Waals surface area contributed by atoms with Crippen molar-refractivity contribution in [1.82, 2.24) is 15.2 Å². The van der Waals surface area contributed by atoms with E-state index in [0.29, 0.717) is 39.0 Å². The zero-order valence-corrected chi connectivity index (χ0v) is 20.9. The van der Waals surface area contributed by atoms with Crippen LogP contribution in [0.1, 0.15) is 41.6 Å². The number of hydrogen-bond donors (Lipinski definition) is 2. The van der Waals surface area contributed by atoms with Crippen molar-refractivity contribution in [3.63, 3.8) is 0 Å². The van der Waals surface area contributed by atoms with Gasteiger partial charge >= 0.3 is 12.3 Å². The minimum atomic E-state index is -4.90. The van der Waals surface area contributed by atoms with Crippen LogP contribution in [-0.2, 0) is 4.79 Å². The Kier molecular flexibility index (Phi) is 7.14. The van der Waals surface area contributed by atoms with E-state index in [4.69, 9.17) is 16.7 Å². The number of alkyl halides is 3. The molecule has 0 spiro atoms. The molecule has 11 heteroatoms. The Bertz CT molecular complexity index is 1610. The number of nitrogens with one attached hydrogen (secondary N) is 1. The fourth-order valence-electron chi connectivity index (χ4n) is 4.56. The number of ether oxygens (including phenoxy) is 1. The molecule has 200 valence electrons. The summed E-state index contributed by atoms with van der Waals surface area (Å²) in [6, 6.07) is 13.2. The highest BCUT2D eigenvalue weighted by atomic mass is 35.5. The van der Waals surface area contributed by atoms with Crippen LogP contribution in [0.5, 0.6) is 5.75 Å². The molecule has 0 aliphatic heterocycles. The second kappa shape index (κ2) is 10.5. The second-order valence-corrected chi connectivity index (χ2v) is 9.44. The average Bonchev–Trinajstić information content (AvgIpc) is 3.21. The number of nitrogens with zero attached hydrogens (tertiary/aromatic N) is 2. The molecule has 5 rings (SSSR count). The van der Waals surface area contributed by atoms with Gasteiger partial charge in [0.1, 0.15) is 5.75 Å². The number of carboxylic acid groups (broad SMARTS) is 1. The number of pyridine rings is 1. The number of carbonyl (C=O) groups is 1. The minimum Gasteiger partial charge on any atom is -0.478 e. The van der Waals surface area contributed by atoms with Gasteiger partial charge in [-0.15, -0.1) is 13.2 Å². The SMILES string of the molecule is O=C(O)/C=C/c1ccc(/C(=C(\c2ncc(OC(F)(F)F)cc2Cl)C2CCC2)c2ccc3n[nH]c(F)c3c2)cc1. The molecule has 1 saturated carbocycles. The number of allylic oxidation sites excluding steroid dienone is 1. The second-order valence-electron chi connectivity index (χ2n) is 9.03. The molecular weight excluding hydrogens is 538 g/mol. The predicted molar refractivity (Wildman–Crippen MR) is 138 cm³/mol. The maximum absolute atomic E-state index is 14.5. The first-order chi connectivity index (χ1) is 18.6. The molecule has 0 bridgehead atoms. The van der Waals surface area contributed by atoms with Crippen LogP contribution in [-0.4, -0.2) is 32.6 Å². The van der Waals surface area contributed by atoms with E-state index in [1.807, 2.05) is 0 Å². The lowest BCUT2D eigenvalue weighted by Crippen LogP contribution is -2.18. The molecule has 0 amide bonds. The lowest BCUT2D eigenvalue weighted by molar-refractivity contribution is -0.274. The zero-order valence-electron chi connectivity index (χ0n) is 20.1. The van der Waals surface area contributed by atoms with Crippen LogP contribution < -0.4 is 4.74 Å². The van der Waals surface area contributed by atoms with Gasteiger partial charge in [-0.25, -0.2) is 4.79 Å². The van der Waals surface area contributed by atoms with Crippen LogP contribution in [0.3, 0.4) is 0 Å². The third kappa shape index (κ3) is 5.80. The number of benzene rings is 2. The molecule has 1 fully saturated rings. The van der Waals surface area contributed by atoms with Crippen molar-refractivity contribution in [3.05, 3.63) is 94.2 Å². The van der Waals surface area contributed by atoms with Crippen molar-refractivity contribution in [2.75, 3.05) is 0 Å². The van der Waals surface area contributed by atoms with Gasteiger partial charge < -0.3 is 9.84 Å². The highest BCUT2D eigenvalue weighted by Gasteiger charge is 2.33. The summed E-state index contributed by atoms with van der Waals surface area (Å²) in [5.74, 6) is -2.23. The first-order valence-electron chi connectivity index (χ1n) is 11.9. The lowest BCUT2D eigenvalue weighted by Gasteiger charge is -2.31. The molecule has 0 unspecified atom stereocenters. The van der Waals surface area contributed by atoms with Gasteiger partial charge in [-0.05, 0) is 64.8 Å². The van der Waals surface area contributed by atoms with E-state index >= 15 is 0 Å². The molecular formula is C28H20ClF4N3O3. The largest absolute Gasteiger partial charge is 0.573 e. The van der Waals surface area contributed by atoms with Gasteiger partial charge in [-0.2, -0.15) is 9.49 Å². The Balaban J connectivity index is 1.73. The summed E-state index contributed by atoms with van der Waals surface area (Å²) in [5.41, 5.74) is 4.10. The van der Waals surface area contributed by atoms with E-state index in [1.54, 1.807) is 42.5 Å². The molecule has 4 aromatic rings. The van der Waals surface area contributed by atoms with Crippen molar-refractivity contribution >= 4 is 45.7 Å². The molecule has 0 saturated heterocycles. The van der Waals surface area contributed by atoms with Crippen LogP contribution >= 0.6 is 11.6 Å². The molecule has 2 N–H and O–H groups in total. The van der Waals surface area contributed by atoms with Crippen LogP contribution in [0.2, 0.25) is 5.02 Å². The van der Waals surface area contributed by atoms with Gasteiger partial charge in [0.15, 0.2) is 0 Å². The van der Waals surface area contributed by atoms with E-state index in [1.165, 1.54) is 6.08 Å². The Morgan fingerprint density at radius 2 is 1.82 bits per heavy atom. The topological polar surface area (TPSA) is 88.1 Å². The third-order valence-electron chi connectivity index (χ3n) is 6.50. The van der Waals surface area contributed by atoms with E-state index in [2.05, 4.69) is 19.9 Å². The third-order valence-corrected chi connectivity index (χ3v) is 6.79. The first-order valence-corrected chi connectivity index (χ1v) is 12.3. The molecule has 6 nitrogen and oxygen atoms in total. The average molecular weight is 558 g/mol. The number of hydrogen-bond acceptors (Lipinski definition) is 4. The molecule has 39 heavy (non-hydrogen) atoms. The van der Waals surface area contributed by atoms with Crippen molar-refractivity contribution < 1.29 is 32.2 Å². The number of H-pyrrole nitrogens is 1. The van der Waals surface area contributed by atoms with E-state index in [-0.39, 0.29) is 16.3 Å². The van der Waals surface area contributed by atoms with Crippen LogP contribution in [0.15, 0.2) is 60.8 Å². The molecule has 2 aromatic carbocycles. The minimum absolute atomic E-state index is 0.00383. The van der Waals surface area contributed by atoms with E-state index < -0.39 is 24.0 Å². The monoisotopic (exact) mass is 557 g/mol. The van der Waals surface area contributed by atoms with Gasteiger partial charge in [-0.1, -0.05) is 48.4 Å². The standard InChI is InChI=1S/C28H20ClF4N3O3/c29-21-13-19(39-28(31,32)33)14-34-26(21)25(16-2-1-3-16)24(17-7-4-15(5-8-17)6-11-23(37)38)18-9-10-22-20(12-18)27(30)36-35-22/h4-14,16H,1-3H2,(H,35,36)(H,37,38)/b11-6+,25-24+. The number of fused-ring (bicyclic) bond motifs is 1.